The predicted octanol–water partition coefficient (Wildman–Crippen LogP) is 0.469. The molecule has 0 radical (unpaired) electrons. The molecule has 8 heteroatoms. The molecule has 0 unspecified atom stereocenters. The third-order valence-electron chi connectivity index (χ3n) is 1.49. The summed E-state index contributed by atoms with van der Waals surface area (Å²) in [6.07, 6.45) is 0. The highest BCUT2D eigenvalue weighted by Crippen LogP contribution is 2.16. The van der Waals surface area contributed by atoms with Crippen molar-refractivity contribution in [1.29, 1.82) is 0 Å². The fraction of sp³-hybridized carbons (Fsp3) is 0.143. The minimum atomic E-state index is -4.04. The maximum Gasteiger partial charge on any atom is 0.223 e. The second-order valence-corrected chi connectivity index (χ2v) is 7.73. The van der Waals surface area contributed by atoms with Gasteiger partial charge in [-0.2, -0.15) is 0 Å². The lowest BCUT2D eigenvalue weighted by molar-refractivity contribution is 0.590. The Kier molecular flexibility index (Phi) is 3.54. The van der Waals surface area contributed by atoms with Gasteiger partial charge < -0.3 is 0 Å². The zero-order valence-corrected chi connectivity index (χ0v) is 10.6. The van der Waals surface area contributed by atoms with Crippen molar-refractivity contribution in [2.24, 2.45) is 5.14 Å². The standard InChI is InChI=1S/C7H8BrNO4S2/c8-6-1-3-7(4-2-6)14(10,11)5-15(9,12)13/h1-4H,5H2,(H2,9,12,13). The van der Waals surface area contributed by atoms with E-state index in [1.54, 1.807) is 0 Å². The van der Waals surface area contributed by atoms with Gasteiger partial charge in [0, 0.05) is 4.47 Å². The number of hydrogen-bond donors (Lipinski definition) is 1. The van der Waals surface area contributed by atoms with Crippen LogP contribution < -0.4 is 5.14 Å². The molecule has 1 aromatic rings. The summed E-state index contributed by atoms with van der Waals surface area (Å²) >= 11 is 3.14. The van der Waals surface area contributed by atoms with E-state index < -0.39 is 24.9 Å². The molecule has 0 amide bonds. The van der Waals surface area contributed by atoms with Crippen LogP contribution in [0.5, 0.6) is 0 Å². The molecule has 0 saturated carbocycles. The Bertz CT molecular complexity index is 547. The average molecular weight is 314 g/mol. The molecule has 0 spiro atoms. The molecule has 0 aliphatic carbocycles. The first-order valence-corrected chi connectivity index (χ1v) is 7.85. The molecule has 1 rings (SSSR count). The van der Waals surface area contributed by atoms with Crippen molar-refractivity contribution >= 4 is 35.8 Å². The predicted molar refractivity (Wildman–Crippen MR) is 59.3 cm³/mol. The van der Waals surface area contributed by atoms with Gasteiger partial charge >= 0.3 is 0 Å². The van der Waals surface area contributed by atoms with Crippen LogP contribution in [0.1, 0.15) is 0 Å². The number of halogens is 1. The van der Waals surface area contributed by atoms with Crippen molar-refractivity contribution in [1.82, 2.24) is 0 Å². The molecule has 0 aliphatic heterocycles. The summed E-state index contributed by atoms with van der Waals surface area (Å²) in [6, 6.07) is 5.64. The minimum absolute atomic E-state index is 0.0697. The van der Waals surface area contributed by atoms with Gasteiger partial charge in [0.15, 0.2) is 14.9 Å². The van der Waals surface area contributed by atoms with Crippen LogP contribution in [0, 0.1) is 0 Å². The van der Waals surface area contributed by atoms with Crippen LogP contribution in [-0.4, -0.2) is 21.9 Å². The molecule has 15 heavy (non-hydrogen) atoms. The van der Waals surface area contributed by atoms with Crippen LogP contribution >= 0.6 is 15.9 Å². The lowest BCUT2D eigenvalue weighted by Crippen LogP contribution is -2.23. The second-order valence-electron chi connectivity index (χ2n) is 2.85. The fourth-order valence-corrected chi connectivity index (χ4v) is 4.02. The van der Waals surface area contributed by atoms with Gasteiger partial charge in [-0.15, -0.1) is 0 Å². The molecular weight excluding hydrogens is 306 g/mol. The third kappa shape index (κ3) is 3.90. The van der Waals surface area contributed by atoms with Crippen molar-refractivity contribution < 1.29 is 16.8 Å². The van der Waals surface area contributed by atoms with Crippen molar-refractivity contribution in [2.45, 2.75) is 4.90 Å². The maximum absolute atomic E-state index is 11.5. The van der Waals surface area contributed by atoms with E-state index in [0.29, 0.717) is 4.47 Å². The highest BCUT2D eigenvalue weighted by molar-refractivity contribution is 9.10. The summed E-state index contributed by atoms with van der Waals surface area (Å²) < 4.78 is 45.0. The van der Waals surface area contributed by atoms with Crippen molar-refractivity contribution in [3.8, 4) is 0 Å². The van der Waals surface area contributed by atoms with E-state index in [4.69, 9.17) is 0 Å². The van der Waals surface area contributed by atoms with Gasteiger partial charge in [-0.1, -0.05) is 15.9 Å². The highest BCUT2D eigenvalue weighted by atomic mass is 79.9. The lowest BCUT2D eigenvalue weighted by atomic mass is 10.4. The van der Waals surface area contributed by atoms with Crippen LogP contribution in [0.4, 0.5) is 0 Å². The molecule has 1 aromatic carbocycles. The highest BCUT2D eigenvalue weighted by Gasteiger charge is 2.20. The van der Waals surface area contributed by atoms with Gasteiger partial charge in [-0.3, -0.25) is 0 Å². The molecule has 0 aliphatic rings. The zero-order chi connectivity index (χ0) is 11.7. The quantitative estimate of drug-likeness (QED) is 0.877. The van der Waals surface area contributed by atoms with Gasteiger partial charge in [0.05, 0.1) is 4.90 Å². The van der Waals surface area contributed by atoms with E-state index >= 15 is 0 Å². The number of sulfonamides is 1. The molecular formula is C7H8BrNO4S2. The van der Waals surface area contributed by atoms with Gasteiger partial charge in [0.1, 0.15) is 0 Å². The lowest BCUT2D eigenvalue weighted by Gasteiger charge is -2.02. The molecule has 5 nitrogen and oxygen atoms in total. The fourth-order valence-electron chi connectivity index (χ4n) is 0.926. The number of rotatable bonds is 3. The number of nitrogens with two attached hydrogens (primary N) is 1. The number of sulfone groups is 1. The largest absolute Gasteiger partial charge is 0.228 e. The van der Waals surface area contributed by atoms with Gasteiger partial charge in [-0.05, 0) is 24.3 Å². The molecule has 0 aromatic heterocycles. The second kappa shape index (κ2) is 4.20. The van der Waals surface area contributed by atoms with E-state index in [2.05, 4.69) is 21.1 Å². The first-order chi connectivity index (χ1) is 6.71. The average Bonchev–Trinajstić information content (AvgIpc) is 2.00. The smallest absolute Gasteiger partial charge is 0.223 e. The summed E-state index contributed by atoms with van der Waals surface area (Å²) in [5.74, 6) is 0. The van der Waals surface area contributed by atoms with Crippen LogP contribution in [0.15, 0.2) is 33.6 Å². The minimum Gasteiger partial charge on any atom is -0.228 e. The Hall–Kier alpha value is -0.440. The maximum atomic E-state index is 11.5. The molecule has 84 valence electrons. The first-order valence-electron chi connectivity index (χ1n) is 3.69. The van der Waals surface area contributed by atoms with Crippen LogP contribution in [-0.2, 0) is 19.9 Å². The Balaban J connectivity index is 3.13. The van der Waals surface area contributed by atoms with Crippen LogP contribution in [0.3, 0.4) is 0 Å². The van der Waals surface area contributed by atoms with Crippen molar-refractivity contribution in [2.75, 3.05) is 5.08 Å². The Morgan fingerprint density at radius 3 is 1.93 bits per heavy atom. The summed E-state index contributed by atoms with van der Waals surface area (Å²) in [5, 5.41) is 3.59. The summed E-state index contributed by atoms with van der Waals surface area (Å²) in [4.78, 5) is -0.0697. The normalized spacial score (nSPS) is 12.7. The molecule has 0 bridgehead atoms. The van der Waals surface area contributed by atoms with E-state index in [0.717, 1.165) is 0 Å². The Morgan fingerprint density at radius 1 is 1.07 bits per heavy atom. The molecule has 0 heterocycles. The van der Waals surface area contributed by atoms with E-state index in [9.17, 15) is 16.8 Å². The molecule has 2 N–H and O–H groups in total. The topological polar surface area (TPSA) is 94.3 Å². The summed E-state index contributed by atoms with van der Waals surface area (Å²) in [7, 11) is -7.91. The van der Waals surface area contributed by atoms with Gasteiger partial charge in [0.25, 0.3) is 0 Å². The Morgan fingerprint density at radius 2 is 1.53 bits per heavy atom. The van der Waals surface area contributed by atoms with E-state index in [1.807, 2.05) is 0 Å². The van der Waals surface area contributed by atoms with Gasteiger partial charge in [-0.25, -0.2) is 22.0 Å². The van der Waals surface area contributed by atoms with Crippen LogP contribution in [0.2, 0.25) is 0 Å². The third-order valence-corrected chi connectivity index (χ3v) is 5.57. The monoisotopic (exact) mass is 313 g/mol. The SMILES string of the molecule is NS(=O)(=O)CS(=O)(=O)c1ccc(Br)cc1. The summed E-state index contributed by atoms with van der Waals surface area (Å²) in [6.45, 7) is 0. The van der Waals surface area contributed by atoms with E-state index in [1.165, 1.54) is 24.3 Å². The van der Waals surface area contributed by atoms with Crippen molar-refractivity contribution in [3.05, 3.63) is 28.7 Å². The number of primary sulfonamides is 1. The number of benzene rings is 1. The van der Waals surface area contributed by atoms with Gasteiger partial charge in [0.2, 0.25) is 10.0 Å². The molecule has 0 fully saturated rings. The Labute approximate surface area is 96.4 Å². The summed E-state index contributed by atoms with van der Waals surface area (Å²) in [5.41, 5.74) is 0. The molecule has 0 saturated heterocycles. The van der Waals surface area contributed by atoms with E-state index in [-0.39, 0.29) is 4.90 Å². The van der Waals surface area contributed by atoms with Crippen molar-refractivity contribution in [3.63, 3.8) is 0 Å². The zero-order valence-electron chi connectivity index (χ0n) is 7.42. The number of hydrogen-bond acceptors (Lipinski definition) is 4. The molecule has 0 atom stereocenters. The van der Waals surface area contributed by atoms with Crippen LogP contribution in [0.25, 0.3) is 0 Å². The first kappa shape index (κ1) is 12.6.